The fraction of sp³-hybridized carbons (Fsp3) is 0.429. The number of urea groups is 1. The van der Waals surface area contributed by atoms with Crippen molar-refractivity contribution in [3.05, 3.63) is 28.8 Å². The van der Waals surface area contributed by atoms with E-state index in [1.54, 1.807) is 23.6 Å². The van der Waals surface area contributed by atoms with Crippen LogP contribution in [0.4, 0.5) is 10.6 Å². The predicted molar refractivity (Wildman–Crippen MR) is 83.0 cm³/mol. The molecule has 8 heteroatoms. The van der Waals surface area contributed by atoms with Crippen LogP contribution in [0.25, 0.3) is 0 Å². The Morgan fingerprint density at radius 2 is 2.14 bits per heavy atom. The second-order valence-corrected chi connectivity index (χ2v) is 6.03. The highest BCUT2D eigenvalue weighted by atomic mass is 32.1. The van der Waals surface area contributed by atoms with Crippen molar-refractivity contribution in [2.24, 2.45) is 0 Å². The molecule has 116 valence electrons. The van der Waals surface area contributed by atoms with E-state index >= 15 is 0 Å². The van der Waals surface area contributed by atoms with Gasteiger partial charge < -0.3 is 10.1 Å². The van der Waals surface area contributed by atoms with Gasteiger partial charge in [-0.05, 0) is 18.9 Å². The second-order valence-electron chi connectivity index (χ2n) is 5.13. The summed E-state index contributed by atoms with van der Waals surface area (Å²) in [6.45, 7) is 0. The van der Waals surface area contributed by atoms with Crippen molar-refractivity contribution in [1.82, 2.24) is 20.3 Å². The molecule has 1 fully saturated rings. The van der Waals surface area contributed by atoms with Crippen LogP contribution in [0.2, 0.25) is 0 Å². The topological polar surface area (TPSA) is 89.0 Å². The molecule has 1 aliphatic rings. The van der Waals surface area contributed by atoms with Gasteiger partial charge in [-0.3, -0.25) is 5.32 Å². The second kappa shape index (κ2) is 6.27. The number of anilines is 1. The number of nitrogens with one attached hydrogen (secondary N) is 2. The molecule has 0 radical (unpaired) electrons. The number of hydrogen-bond acceptors (Lipinski definition) is 6. The molecule has 0 atom stereocenters. The molecule has 0 aromatic carbocycles. The van der Waals surface area contributed by atoms with Crippen molar-refractivity contribution in [2.45, 2.75) is 31.2 Å². The number of carbonyl (C=O) groups excluding carboxylic acids is 1. The van der Waals surface area contributed by atoms with Crippen molar-refractivity contribution in [2.75, 3.05) is 12.4 Å². The number of ether oxygens (including phenoxy) is 1. The van der Waals surface area contributed by atoms with Gasteiger partial charge in [-0.1, -0.05) is 12.8 Å². The zero-order valence-corrected chi connectivity index (χ0v) is 13.0. The quantitative estimate of drug-likeness (QED) is 0.904. The summed E-state index contributed by atoms with van der Waals surface area (Å²) in [5.74, 6) is 0.400. The van der Waals surface area contributed by atoms with Gasteiger partial charge in [0.1, 0.15) is 10.8 Å². The first kappa shape index (κ1) is 14.7. The summed E-state index contributed by atoms with van der Waals surface area (Å²) in [7, 11) is 1.48. The van der Waals surface area contributed by atoms with Crippen LogP contribution in [0.5, 0.6) is 6.01 Å². The Bertz CT molecular complexity index is 640. The number of hydrogen-bond donors (Lipinski definition) is 2. The van der Waals surface area contributed by atoms with Gasteiger partial charge >= 0.3 is 12.0 Å². The number of nitrogens with zero attached hydrogens (tertiary/aromatic N) is 3. The third-order valence-corrected chi connectivity index (χ3v) is 4.69. The minimum Gasteiger partial charge on any atom is -0.467 e. The molecule has 0 bridgehead atoms. The van der Waals surface area contributed by atoms with Crippen molar-refractivity contribution >= 4 is 23.2 Å². The van der Waals surface area contributed by atoms with Crippen molar-refractivity contribution in [3.8, 4) is 6.01 Å². The molecule has 2 heterocycles. The summed E-state index contributed by atoms with van der Waals surface area (Å²) >= 11 is 1.57. The molecule has 7 nitrogen and oxygen atoms in total. The van der Waals surface area contributed by atoms with Gasteiger partial charge in [0.15, 0.2) is 0 Å². The summed E-state index contributed by atoms with van der Waals surface area (Å²) in [4.78, 5) is 24.7. The van der Waals surface area contributed by atoms with E-state index in [0.717, 1.165) is 30.7 Å². The third kappa shape index (κ3) is 3.01. The summed E-state index contributed by atoms with van der Waals surface area (Å²) < 4.78 is 4.95. The number of rotatable bonds is 4. The van der Waals surface area contributed by atoms with E-state index in [1.165, 1.54) is 13.3 Å². The maximum absolute atomic E-state index is 12.3. The lowest BCUT2D eigenvalue weighted by molar-refractivity contribution is 0.236. The van der Waals surface area contributed by atoms with E-state index in [-0.39, 0.29) is 17.6 Å². The van der Waals surface area contributed by atoms with E-state index in [0.29, 0.717) is 5.82 Å². The molecule has 1 aliphatic carbocycles. The predicted octanol–water partition coefficient (Wildman–Crippen LogP) is 2.53. The molecule has 0 saturated heterocycles. The molecule has 0 spiro atoms. The highest BCUT2D eigenvalue weighted by Crippen LogP contribution is 2.39. The largest absolute Gasteiger partial charge is 0.467 e. The average Bonchev–Trinajstić information content (AvgIpc) is 3.19. The molecule has 3 rings (SSSR count). The first-order valence-electron chi connectivity index (χ1n) is 7.08. The monoisotopic (exact) mass is 319 g/mol. The Morgan fingerprint density at radius 1 is 1.32 bits per heavy atom. The van der Waals surface area contributed by atoms with Gasteiger partial charge in [-0.25, -0.2) is 14.8 Å². The van der Waals surface area contributed by atoms with E-state index in [9.17, 15) is 4.79 Å². The average molecular weight is 319 g/mol. The van der Waals surface area contributed by atoms with Gasteiger partial charge in [0.25, 0.3) is 0 Å². The summed E-state index contributed by atoms with van der Waals surface area (Å²) in [5.41, 5.74) is -0.366. The molecule has 2 aromatic rings. The summed E-state index contributed by atoms with van der Waals surface area (Å²) in [5, 5.41) is 8.70. The molecule has 2 N–H and O–H groups in total. The highest BCUT2D eigenvalue weighted by Gasteiger charge is 2.39. The lowest BCUT2D eigenvalue weighted by Gasteiger charge is -2.28. The lowest BCUT2D eigenvalue weighted by atomic mass is 9.99. The molecule has 0 aliphatic heterocycles. The van der Waals surface area contributed by atoms with E-state index < -0.39 is 0 Å². The van der Waals surface area contributed by atoms with Crippen LogP contribution in [-0.2, 0) is 5.54 Å². The van der Waals surface area contributed by atoms with Gasteiger partial charge in [0.05, 0.1) is 12.6 Å². The first-order valence-corrected chi connectivity index (χ1v) is 7.96. The van der Waals surface area contributed by atoms with Gasteiger partial charge in [0.2, 0.25) is 0 Å². The Balaban J connectivity index is 1.72. The van der Waals surface area contributed by atoms with Crippen LogP contribution >= 0.6 is 11.3 Å². The molecule has 2 aromatic heterocycles. The summed E-state index contributed by atoms with van der Waals surface area (Å²) in [6.07, 6.45) is 7.28. The Morgan fingerprint density at radius 3 is 2.82 bits per heavy atom. The number of methoxy groups -OCH3 is 1. The Labute approximate surface area is 132 Å². The molecule has 2 amide bonds. The number of amides is 2. The fourth-order valence-corrected chi connectivity index (χ4v) is 3.56. The number of aromatic nitrogens is 3. The first-order chi connectivity index (χ1) is 10.7. The van der Waals surface area contributed by atoms with Crippen LogP contribution < -0.4 is 15.4 Å². The number of carbonyl (C=O) groups is 1. The van der Waals surface area contributed by atoms with Gasteiger partial charge in [-0.15, -0.1) is 11.3 Å². The molecule has 1 saturated carbocycles. The van der Waals surface area contributed by atoms with Crippen LogP contribution in [0, 0.1) is 0 Å². The zero-order chi connectivity index (χ0) is 15.4. The lowest BCUT2D eigenvalue weighted by Crippen LogP contribution is -2.45. The van der Waals surface area contributed by atoms with Crippen molar-refractivity contribution in [1.29, 1.82) is 0 Å². The van der Waals surface area contributed by atoms with Crippen LogP contribution in [0.15, 0.2) is 23.8 Å². The minimum atomic E-state index is -0.366. The SMILES string of the molecule is COc1nccc(NC(=O)NC2(c3nccs3)CCCC2)n1. The standard InChI is InChI=1S/C14H17N5O2S/c1-21-13-16-7-4-10(18-13)17-12(20)19-14(5-2-3-6-14)11-15-8-9-22-11/h4,7-9H,2-3,5-6H2,1H3,(H2,16,17,18,19,20). The van der Waals surface area contributed by atoms with E-state index in [4.69, 9.17) is 4.74 Å². The van der Waals surface area contributed by atoms with Gasteiger partial charge in [0, 0.05) is 17.8 Å². The maximum atomic E-state index is 12.3. The third-order valence-electron chi connectivity index (χ3n) is 3.71. The molecule has 22 heavy (non-hydrogen) atoms. The highest BCUT2D eigenvalue weighted by molar-refractivity contribution is 7.09. The maximum Gasteiger partial charge on any atom is 0.321 e. The van der Waals surface area contributed by atoms with Crippen LogP contribution in [0.1, 0.15) is 30.7 Å². The van der Waals surface area contributed by atoms with Crippen molar-refractivity contribution < 1.29 is 9.53 Å². The minimum absolute atomic E-state index is 0.216. The van der Waals surface area contributed by atoms with Gasteiger partial charge in [-0.2, -0.15) is 4.98 Å². The normalized spacial score (nSPS) is 16.2. The van der Waals surface area contributed by atoms with Crippen molar-refractivity contribution in [3.63, 3.8) is 0 Å². The fourth-order valence-electron chi connectivity index (χ4n) is 2.70. The summed E-state index contributed by atoms with van der Waals surface area (Å²) in [6, 6.07) is 1.54. The molecule has 0 unspecified atom stereocenters. The van der Waals surface area contributed by atoms with Crippen LogP contribution in [0.3, 0.4) is 0 Å². The Hall–Kier alpha value is -2.22. The van der Waals surface area contributed by atoms with Crippen LogP contribution in [-0.4, -0.2) is 28.1 Å². The molecular weight excluding hydrogens is 302 g/mol. The van der Waals surface area contributed by atoms with E-state index in [2.05, 4.69) is 25.6 Å². The molecular formula is C14H17N5O2S. The van der Waals surface area contributed by atoms with E-state index in [1.807, 2.05) is 5.38 Å². The number of thiazole rings is 1. The Kier molecular flexibility index (Phi) is 4.19. The zero-order valence-electron chi connectivity index (χ0n) is 12.2. The smallest absolute Gasteiger partial charge is 0.321 e.